The van der Waals surface area contributed by atoms with Crippen LogP contribution in [0.4, 0.5) is 17.1 Å². The molecule has 11 aromatic rings. The number of hydrogen-bond donors (Lipinski definition) is 0. The molecule has 0 saturated carbocycles. The van der Waals surface area contributed by atoms with Gasteiger partial charge in [-0.25, -0.2) is 0 Å². The van der Waals surface area contributed by atoms with Gasteiger partial charge >= 0.3 is 0 Å². The Hall–Kier alpha value is -6.45. The van der Waals surface area contributed by atoms with Crippen molar-refractivity contribution in [3.63, 3.8) is 0 Å². The van der Waals surface area contributed by atoms with Crippen molar-refractivity contribution < 1.29 is 9.47 Å². The summed E-state index contributed by atoms with van der Waals surface area (Å²) >= 11 is 0. The third-order valence-corrected chi connectivity index (χ3v) is 20.6. The number of nitrogens with zero attached hydrogens (tertiary/aromatic N) is 1. The zero-order valence-corrected chi connectivity index (χ0v) is 43.8. The molecular weight excluding hydrogens is 863 g/mol. The predicted octanol–water partition coefficient (Wildman–Crippen LogP) is 15.9. The van der Waals surface area contributed by atoms with E-state index in [1.807, 2.05) is 0 Å². The highest BCUT2D eigenvalue weighted by Crippen LogP contribution is 2.57. The first-order valence-electron chi connectivity index (χ1n) is 23.7. The predicted molar refractivity (Wildman–Crippen MR) is 301 cm³/mol. The third-order valence-electron chi connectivity index (χ3n) is 14.4. The van der Waals surface area contributed by atoms with Gasteiger partial charge in [-0.05, 0) is 136 Å². The fourth-order valence-corrected chi connectivity index (χ4v) is 15.0. The van der Waals surface area contributed by atoms with Crippen LogP contribution in [0.15, 0.2) is 158 Å². The highest BCUT2D eigenvalue weighted by atomic mass is 28.3. The first-order chi connectivity index (χ1) is 32.1. The molecule has 0 aliphatic rings. The Morgan fingerprint density at radius 1 is 0.328 bits per heavy atom. The van der Waals surface area contributed by atoms with Crippen molar-refractivity contribution in [2.24, 2.45) is 0 Å². The van der Waals surface area contributed by atoms with E-state index >= 15 is 0 Å². The summed E-state index contributed by atoms with van der Waals surface area (Å²) in [4.78, 5) is 2.50. The van der Waals surface area contributed by atoms with Gasteiger partial charge in [-0.1, -0.05) is 178 Å². The Balaban J connectivity index is 1.32. The van der Waals surface area contributed by atoms with Crippen LogP contribution < -0.4 is 29.9 Å². The summed E-state index contributed by atoms with van der Waals surface area (Å²) in [6.45, 7) is 22.0. The number of anilines is 3. The summed E-state index contributed by atoms with van der Waals surface area (Å²) in [5.41, 5.74) is 8.41. The van der Waals surface area contributed by atoms with E-state index in [0.717, 1.165) is 22.9 Å². The Labute approximate surface area is 398 Å². The van der Waals surface area contributed by atoms with Crippen molar-refractivity contribution in [3.05, 3.63) is 158 Å². The zero-order chi connectivity index (χ0) is 46.7. The van der Waals surface area contributed by atoms with E-state index in [2.05, 4.69) is 222 Å². The fourth-order valence-electron chi connectivity index (χ4n) is 11.0. The van der Waals surface area contributed by atoms with Crippen molar-refractivity contribution in [2.45, 2.75) is 58.9 Å². The quantitative estimate of drug-likeness (QED) is 0.128. The summed E-state index contributed by atoms with van der Waals surface area (Å²) in [7, 11) is -1.26. The van der Waals surface area contributed by atoms with Gasteiger partial charge in [0.15, 0.2) is 0 Å². The van der Waals surface area contributed by atoms with Gasteiger partial charge in [0.05, 0.1) is 44.1 Å². The second-order valence-corrected chi connectivity index (χ2v) is 36.8. The molecule has 0 bridgehead atoms. The van der Waals surface area contributed by atoms with Crippen LogP contribution in [0.5, 0.6) is 11.5 Å². The monoisotopic (exact) mass is 921 g/mol. The van der Waals surface area contributed by atoms with Crippen LogP contribution in [0.25, 0.3) is 86.9 Å². The minimum Gasteiger partial charge on any atom is -0.497 e. The lowest BCUT2D eigenvalue weighted by Crippen LogP contribution is -2.37. The highest BCUT2D eigenvalue weighted by Gasteiger charge is 2.31. The third kappa shape index (κ3) is 6.86. The van der Waals surface area contributed by atoms with Gasteiger partial charge in [-0.15, -0.1) is 0 Å². The van der Waals surface area contributed by atoms with Crippen molar-refractivity contribution >= 4 is 121 Å². The molecule has 0 unspecified atom stereocenters. The molecule has 0 radical (unpaired) electrons. The van der Waals surface area contributed by atoms with Crippen molar-refractivity contribution in [3.8, 4) is 33.8 Å². The van der Waals surface area contributed by atoms with Crippen LogP contribution in [0.1, 0.15) is 0 Å². The number of hydrogen-bond acceptors (Lipinski definition) is 3. The molecule has 332 valence electrons. The topological polar surface area (TPSA) is 21.7 Å². The first kappa shape index (κ1) is 43.1. The molecule has 0 N–H and O–H groups in total. The number of ether oxygens (including phenoxy) is 2. The van der Waals surface area contributed by atoms with Crippen molar-refractivity contribution in [2.75, 3.05) is 19.1 Å². The lowest BCUT2D eigenvalue weighted by atomic mass is 9.87. The van der Waals surface area contributed by atoms with Gasteiger partial charge in [0.25, 0.3) is 0 Å². The fraction of sp³-hybridized carbons (Fsp3) is 0.180. The number of methoxy groups -OCH3 is 2. The second-order valence-electron chi connectivity index (χ2n) is 21.6. The van der Waals surface area contributed by atoms with Gasteiger partial charge in [0, 0.05) is 16.8 Å². The van der Waals surface area contributed by atoms with E-state index in [0.29, 0.717) is 0 Å². The van der Waals surface area contributed by atoms with E-state index in [1.165, 1.54) is 108 Å². The molecule has 0 heterocycles. The average Bonchev–Trinajstić information content (AvgIpc) is 3.83. The highest BCUT2D eigenvalue weighted by molar-refractivity contribution is 6.91. The van der Waals surface area contributed by atoms with Crippen molar-refractivity contribution in [1.29, 1.82) is 0 Å². The standard InChI is InChI=1S/C61H59NO2Si3/c1-63-42-26-18-38(19-27-42)54-58-48-16-12-14-46-52(62(40-22-30-44(31-23-40)65(3,4)5)41-24-32-45(33-25-41)66(6,7)8)36-34-50(56(46)48)60(58)55(39-20-28-43(64-2)29-21-39)59-49-17-13-15-47-53(67(9,10)11)37-35-51(57(47)49)61(54)59/h12-37H,1-11H3. The molecule has 0 aliphatic heterocycles. The van der Waals surface area contributed by atoms with Gasteiger partial charge in [0.1, 0.15) is 11.5 Å². The van der Waals surface area contributed by atoms with E-state index in [-0.39, 0.29) is 0 Å². The molecule has 0 saturated heterocycles. The molecule has 3 nitrogen and oxygen atoms in total. The Morgan fingerprint density at radius 2 is 0.701 bits per heavy atom. The Morgan fingerprint density at radius 3 is 1.10 bits per heavy atom. The van der Waals surface area contributed by atoms with Gasteiger partial charge < -0.3 is 14.4 Å². The Bertz CT molecular complexity index is 3510. The first-order valence-corrected chi connectivity index (χ1v) is 34.2. The summed E-state index contributed by atoms with van der Waals surface area (Å²) in [6.07, 6.45) is 0. The van der Waals surface area contributed by atoms with Crippen molar-refractivity contribution in [1.82, 2.24) is 0 Å². The summed E-state index contributed by atoms with van der Waals surface area (Å²) in [5, 5.41) is 20.0. The molecule has 0 fully saturated rings. The molecule has 0 aromatic heterocycles. The maximum Gasteiger partial charge on any atom is 0.118 e. The average molecular weight is 922 g/mol. The largest absolute Gasteiger partial charge is 0.497 e. The van der Waals surface area contributed by atoms with Gasteiger partial charge in [0.2, 0.25) is 0 Å². The van der Waals surface area contributed by atoms with Crippen LogP contribution in [0.3, 0.4) is 0 Å². The maximum atomic E-state index is 5.77. The smallest absolute Gasteiger partial charge is 0.118 e. The molecule has 0 atom stereocenters. The van der Waals surface area contributed by atoms with Crippen LogP contribution >= 0.6 is 0 Å². The molecule has 11 aromatic carbocycles. The molecule has 6 heteroatoms. The molecule has 67 heavy (non-hydrogen) atoms. The second kappa shape index (κ2) is 15.6. The molecule has 0 aliphatic carbocycles. The van der Waals surface area contributed by atoms with E-state index in [9.17, 15) is 0 Å². The molecule has 11 rings (SSSR count). The Kier molecular flexibility index (Phi) is 10.0. The van der Waals surface area contributed by atoms with E-state index < -0.39 is 24.2 Å². The zero-order valence-electron chi connectivity index (χ0n) is 40.8. The van der Waals surface area contributed by atoms with E-state index in [1.54, 1.807) is 14.2 Å². The van der Waals surface area contributed by atoms with Gasteiger partial charge in [-0.3, -0.25) is 0 Å². The van der Waals surface area contributed by atoms with Crippen LogP contribution in [0.2, 0.25) is 58.9 Å². The maximum absolute atomic E-state index is 5.77. The number of benzene rings is 9. The lowest BCUT2D eigenvalue weighted by molar-refractivity contribution is 0.415. The molecule has 0 spiro atoms. The lowest BCUT2D eigenvalue weighted by Gasteiger charge is -2.28. The normalized spacial score (nSPS) is 12.7. The minimum atomic E-state index is -1.71. The number of fused-ring (bicyclic) bond motifs is 6. The summed E-state index contributed by atoms with van der Waals surface area (Å²) in [6, 6.07) is 60.2. The minimum absolute atomic E-state index is 0.850. The van der Waals surface area contributed by atoms with Gasteiger partial charge in [-0.2, -0.15) is 0 Å². The van der Waals surface area contributed by atoms with Crippen LogP contribution in [0, 0.1) is 0 Å². The SMILES string of the molecule is COc1ccc(-c2c3c4ccc(N(c5ccc([Si](C)(C)C)cc5)c5ccc([Si](C)(C)C)cc5)c5cccc(c3c(-c3ccc(OC)cc3)c3c6ccc([Si](C)(C)C)c7cccc(c23)c76)c54)cc1. The molecule has 0 amide bonds. The summed E-state index contributed by atoms with van der Waals surface area (Å²) in [5.74, 6) is 1.70. The number of rotatable bonds is 10. The van der Waals surface area contributed by atoms with E-state index in [4.69, 9.17) is 9.47 Å². The van der Waals surface area contributed by atoms with Crippen LogP contribution in [-0.2, 0) is 0 Å². The molecular formula is C61H59NO2Si3. The van der Waals surface area contributed by atoms with Crippen LogP contribution in [-0.4, -0.2) is 38.4 Å². The summed E-state index contributed by atoms with van der Waals surface area (Å²) < 4.78 is 11.5.